The Kier molecular flexibility index (Phi) is 4.80. The molecule has 1 rings (SSSR count). The Morgan fingerprint density at radius 2 is 2.35 bits per heavy atom. The molecule has 0 bridgehead atoms. The molecule has 0 aliphatic heterocycles. The van der Waals surface area contributed by atoms with Crippen LogP contribution in [0.1, 0.15) is 6.42 Å². The number of hydrogen-bond acceptors (Lipinski definition) is 5. The number of nitrogens with zero attached hydrogens (tertiary/aromatic N) is 2. The van der Waals surface area contributed by atoms with E-state index in [4.69, 9.17) is 16.3 Å². The van der Waals surface area contributed by atoms with E-state index in [1.165, 1.54) is 19.2 Å². The number of amides is 1. The Bertz CT molecular complexity index is 438. The molecule has 7 nitrogen and oxygen atoms in total. The van der Waals surface area contributed by atoms with E-state index in [0.29, 0.717) is 0 Å². The molecule has 8 heteroatoms. The maximum atomic E-state index is 11.4. The number of aromatic nitrogens is 1. The number of carbonyl (C=O) groups excluding carboxylic acids is 1. The van der Waals surface area contributed by atoms with Gasteiger partial charge in [0, 0.05) is 13.2 Å². The van der Waals surface area contributed by atoms with Gasteiger partial charge in [-0.3, -0.25) is 14.9 Å². The summed E-state index contributed by atoms with van der Waals surface area (Å²) in [6.45, 7) is 0.222. The van der Waals surface area contributed by atoms with Gasteiger partial charge in [0.25, 0.3) is 0 Å². The molecular weight excluding hydrogens is 250 g/mol. The molecule has 1 amide bonds. The summed E-state index contributed by atoms with van der Waals surface area (Å²) in [4.78, 5) is 25.1. The Balaban J connectivity index is 2.85. The standard InChI is InChI=1S/C9H10ClN3O4/c1-17-5-4-8(14)12-9-6(13(15)16)2-3-7(10)11-9/h2-3H,4-5H2,1H3,(H,11,12,14). The van der Waals surface area contributed by atoms with E-state index in [0.717, 1.165) is 0 Å². The van der Waals surface area contributed by atoms with Gasteiger partial charge in [-0.1, -0.05) is 11.6 Å². The van der Waals surface area contributed by atoms with Crippen LogP contribution in [0.4, 0.5) is 11.5 Å². The average Bonchev–Trinajstić information content (AvgIpc) is 2.26. The Morgan fingerprint density at radius 1 is 1.65 bits per heavy atom. The van der Waals surface area contributed by atoms with Crippen molar-refractivity contribution in [1.29, 1.82) is 0 Å². The van der Waals surface area contributed by atoms with Crippen LogP contribution in [0.15, 0.2) is 12.1 Å². The second-order valence-corrected chi connectivity index (χ2v) is 3.44. The predicted octanol–water partition coefficient (Wildman–Crippen LogP) is 1.62. The van der Waals surface area contributed by atoms with Crippen molar-refractivity contribution in [3.05, 3.63) is 27.4 Å². The van der Waals surface area contributed by atoms with E-state index in [-0.39, 0.29) is 29.7 Å². The Morgan fingerprint density at radius 3 is 2.94 bits per heavy atom. The highest BCUT2D eigenvalue weighted by Crippen LogP contribution is 2.23. The van der Waals surface area contributed by atoms with Crippen molar-refractivity contribution in [2.45, 2.75) is 6.42 Å². The average molecular weight is 260 g/mol. The molecule has 0 radical (unpaired) electrons. The highest BCUT2D eigenvalue weighted by Gasteiger charge is 2.17. The normalized spacial score (nSPS) is 10.0. The minimum absolute atomic E-state index is 0.0673. The lowest BCUT2D eigenvalue weighted by Gasteiger charge is -2.04. The number of nitro groups is 1. The fraction of sp³-hybridized carbons (Fsp3) is 0.333. The third kappa shape index (κ3) is 3.97. The first-order valence-electron chi connectivity index (χ1n) is 4.64. The Hall–Kier alpha value is -1.73. The summed E-state index contributed by atoms with van der Waals surface area (Å²) in [5.41, 5.74) is -0.305. The van der Waals surface area contributed by atoms with E-state index < -0.39 is 10.8 Å². The molecular formula is C9H10ClN3O4. The van der Waals surface area contributed by atoms with Crippen LogP contribution in [0.5, 0.6) is 0 Å². The van der Waals surface area contributed by atoms with Crippen LogP contribution < -0.4 is 5.32 Å². The van der Waals surface area contributed by atoms with Crippen LogP contribution in [-0.4, -0.2) is 29.5 Å². The SMILES string of the molecule is COCCC(=O)Nc1nc(Cl)ccc1[N+](=O)[O-]. The summed E-state index contributed by atoms with van der Waals surface area (Å²) >= 11 is 5.60. The molecule has 0 spiro atoms. The molecule has 1 heterocycles. The van der Waals surface area contributed by atoms with E-state index in [2.05, 4.69) is 10.3 Å². The molecule has 0 atom stereocenters. The van der Waals surface area contributed by atoms with Crippen LogP contribution >= 0.6 is 11.6 Å². The summed E-state index contributed by atoms with van der Waals surface area (Å²) in [5, 5.41) is 13.1. The quantitative estimate of drug-likeness (QED) is 0.492. The molecule has 1 aromatic rings. The summed E-state index contributed by atoms with van der Waals surface area (Å²) in [5.74, 6) is -0.590. The van der Waals surface area contributed by atoms with Crippen molar-refractivity contribution in [2.75, 3.05) is 19.0 Å². The third-order valence-electron chi connectivity index (χ3n) is 1.83. The minimum Gasteiger partial charge on any atom is -0.384 e. The maximum absolute atomic E-state index is 11.4. The number of ether oxygens (including phenoxy) is 1. The highest BCUT2D eigenvalue weighted by molar-refractivity contribution is 6.29. The minimum atomic E-state index is -0.644. The number of hydrogen-bond donors (Lipinski definition) is 1. The zero-order chi connectivity index (χ0) is 12.8. The molecule has 92 valence electrons. The maximum Gasteiger partial charge on any atom is 0.311 e. The number of anilines is 1. The molecule has 1 aromatic heterocycles. The summed E-state index contributed by atoms with van der Waals surface area (Å²) in [7, 11) is 1.45. The van der Waals surface area contributed by atoms with Crippen molar-refractivity contribution in [3.63, 3.8) is 0 Å². The largest absolute Gasteiger partial charge is 0.384 e. The molecule has 0 aliphatic rings. The van der Waals surface area contributed by atoms with E-state index in [9.17, 15) is 14.9 Å². The summed E-state index contributed by atoms with van der Waals surface area (Å²) in [6.07, 6.45) is 0.0852. The van der Waals surface area contributed by atoms with Crippen molar-refractivity contribution in [2.24, 2.45) is 0 Å². The lowest BCUT2D eigenvalue weighted by molar-refractivity contribution is -0.384. The zero-order valence-corrected chi connectivity index (χ0v) is 9.73. The fourth-order valence-electron chi connectivity index (χ4n) is 1.06. The van der Waals surface area contributed by atoms with Gasteiger partial charge < -0.3 is 10.1 Å². The van der Waals surface area contributed by atoms with E-state index >= 15 is 0 Å². The number of carbonyl (C=O) groups is 1. The first-order chi connectivity index (χ1) is 8.04. The lowest BCUT2D eigenvalue weighted by atomic mass is 10.3. The molecule has 0 saturated heterocycles. The number of rotatable bonds is 5. The van der Waals surface area contributed by atoms with Gasteiger partial charge in [0.15, 0.2) is 0 Å². The van der Waals surface area contributed by atoms with Crippen LogP contribution in [-0.2, 0) is 9.53 Å². The van der Waals surface area contributed by atoms with Crippen LogP contribution in [0, 0.1) is 10.1 Å². The molecule has 17 heavy (non-hydrogen) atoms. The van der Waals surface area contributed by atoms with Gasteiger partial charge in [0.1, 0.15) is 5.15 Å². The van der Waals surface area contributed by atoms with Gasteiger partial charge in [-0.2, -0.15) is 0 Å². The highest BCUT2D eigenvalue weighted by atomic mass is 35.5. The second-order valence-electron chi connectivity index (χ2n) is 3.05. The topological polar surface area (TPSA) is 94.4 Å². The smallest absolute Gasteiger partial charge is 0.311 e. The third-order valence-corrected chi connectivity index (χ3v) is 2.04. The van der Waals surface area contributed by atoms with E-state index in [1.54, 1.807) is 0 Å². The number of pyridine rings is 1. The Labute approximate surface area is 102 Å². The van der Waals surface area contributed by atoms with E-state index in [1.807, 2.05) is 0 Å². The predicted molar refractivity (Wildman–Crippen MR) is 61.0 cm³/mol. The molecule has 0 aliphatic carbocycles. The number of halogens is 1. The second kappa shape index (κ2) is 6.12. The number of nitrogens with one attached hydrogen (secondary N) is 1. The zero-order valence-electron chi connectivity index (χ0n) is 8.97. The molecule has 0 unspecified atom stereocenters. The van der Waals surface area contributed by atoms with Crippen LogP contribution in [0.25, 0.3) is 0 Å². The van der Waals surface area contributed by atoms with Crippen molar-refractivity contribution in [1.82, 2.24) is 4.98 Å². The molecule has 0 aromatic carbocycles. The van der Waals surface area contributed by atoms with Crippen molar-refractivity contribution in [3.8, 4) is 0 Å². The fourth-order valence-corrected chi connectivity index (χ4v) is 1.20. The molecule has 0 fully saturated rings. The van der Waals surface area contributed by atoms with Crippen molar-refractivity contribution < 1.29 is 14.5 Å². The lowest BCUT2D eigenvalue weighted by Crippen LogP contribution is -2.15. The first kappa shape index (κ1) is 13.3. The van der Waals surface area contributed by atoms with Gasteiger partial charge in [-0.25, -0.2) is 4.98 Å². The van der Waals surface area contributed by atoms with Gasteiger partial charge in [-0.15, -0.1) is 0 Å². The molecule has 1 N–H and O–H groups in total. The van der Waals surface area contributed by atoms with Gasteiger partial charge >= 0.3 is 5.69 Å². The van der Waals surface area contributed by atoms with Gasteiger partial charge in [0.2, 0.25) is 11.7 Å². The van der Waals surface area contributed by atoms with Crippen LogP contribution in [0.3, 0.4) is 0 Å². The summed E-state index contributed by atoms with van der Waals surface area (Å²) < 4.78 is 4.71. The van der Waals surface area contributed by atoms with Gasteiger partial charge in [0.05, 0.1) is 18.0 Å². The number of methoxy groups -OCH3 is 1. The first-order valence-corrected chi connectivity index (χ1v) is 5.02. The van der Waals surface area contributed by atoms with Gasteiger partial charge in [-0.05, 0) is 6.07 Å². The molecule has 0 saturated carbocycles. The van der Waals surface area contributed by atoms with Crippen LogP contribution in [0.2, 0.25) is 5.15 Å². The summed E-state index contributed by atoms with van der Waals surface area (Å²) in [6, 6.07) is 2.46. The monoisotopic (exact) mass is 259 g/mol. The van der Waals surface area contributed by atoms with Crippen molar-refractivity contribution >= 4 is 29.0 Å².